The second-order valence-corrected chi connectivity index (χ2v) is 6.66. The maximum atomic E-state index is 12.3. The fourth-order valence-electron chi connectivity index (χ4n) is 2.73. The summed E-state index contributed by atoms with van der Waals surface area (Å²) < 4.78 is 0. The normalized spacial score (nSPS) is 15.2. The van der Waals surface area contributed by atoms with Crippen LogP contribution in [-0.2, 0) is 4.79 Å². The Kier molecular flexibility index (Phi) is 4.57. The number of aryl methyl sites for hydroxylation is 3. The lowest BCUT2D eigenvalue weighted by Gasteiger charge is -2.27. The SMILES string of the molecule is Cc1cc(C)c([C@@H](O)[C@H](C)C(=O)C(C)(C)C)c(C)c1. The van der Waals surface area contributed by atoms with Crippen molar-refractivity contribution in [3.05, 3.63) is 34.4 Å². The molecule has 2 nitrogen and oxygen atoms in total. The van der Waals surface area contributed by atoms with Gasteiger partial charge in [0.1, 0.15) is 5.78 Å². The molecule has 0 bridgehead atoms. The Morgan fingerprint density at radius 3 is 1.89 bits per heavy atom. The lowest BCUT2D eigenvalue weighted by atomic mass is 9.78. The van der Waals surface area contributed by atoms with E-state index in [1.807, 2.05) is 48.5 Å². The zero-order valence-corrected chi connectivity index (χ0v) is 13.2. The minimum Gasteiger partial charge on any atom is -0.388 e. The van der Waals surface area contributed by atoms with Crippen molar-refractivity contribution in [2.75, 3.05) is 0 Å². The molecular formula is C17H26O2. The van der Waals surface area contributed by atoms with Gasteiger partial charge in [0.05, 0.1) is 6.10 Å². The second kappa shape index (κ2) is 5.46. The number of carbonyl (C=O) groups excluding carboxylic acids is 1. The number of aliphatic hydroxyl groups is 1. The molecule has 0 saturated heterocycles. The number of hydrogen-bond acceptors (Lipinski definition) is 2. The second-order valence-electron chi connectivity index (χ2n) is 6.66. The maximum Gasteiger partial charge on any atom is 0.143 e. The predicted molar refractivity (Wildman–Crippen MR) is 79.2 cm³/mol. The van der Waals surface area contributed by atoms with Crippen molar-refractivity contribution in [1.82, 2.24) is 0 Å². The molecule has 0 heterocycles. The predicted octanol–water partition coefficient (Wildman–Crippen LogP) is 3.90. The van der Waals surface area contributed by atoms with Crippen molar-refractivity contribution < 1.29 is 9.90 Å². The number of carbonyl (C=O) groups is 1. The van der Waals surface area contributed by atoms with E-state index in [0.29, 0.717) is 0 Å². The van der Waals surface area contributed by atoms with Gasteiger partial charge in [0, 0.05) is 11.3 Å². The topological polar surface area (TPSA) is 37.3 Å². The Hall–Kier alpha value is -1.15. The summed E-state index contributed by atoms with van der Waals surface area (Å²) in [6, 6.07) is 4.11. The van der Waals surface area contributed by atoms with Crippen LogP contribution >= 0.6 is 0 Å². The summed E-state index contributed by atoms with van der Waals surface area (Å²) in [5.74, 6) is -0.292. The highest BCUT2D eigenvalue weighted by Gasteiger charge is 2.32. The van der Waals surface area contributed by atoms with Crippen LogP contribution in [0, 0.1) is 32.1 Å². The number of ketones is 1. The van der Waals surface area contributed by atoms with Crippen LogP contribution in [0.5, 0.6) is 0 Å². The molecule has 106 valence electrons. The molecule has 0 fully saturated rings. The van der Waals surface area contributed by atoms with Crippen LogP contribution < -0.4 is 0 Å². The van der Waals surface area contributed by atoms with E-state index in [9.17, 15) is 9.90 Å². The first-order chi connectivity index (χ1) is 8.55. The molecule has 0 aromatic heterocycles. The van der Waals surface area contributed by atoms with Gasteiger partial charge in [-0.2, -0.15) is 0 Å². The molecule has 0 aliphatic heterocycles. The summed E-state index contributed by atoms with van der Waals surface area (Å²) in [7, 11) is 0. The Labute approximate surface area is 116 Å². The third kappa shape index (κ3) is 3.44. The summed E-state index contributed by atoms with van der Waals surface area (Å²) in [6.45, 7) is 13.5. The number of benzene rings is 1. The average Bonchev–Trinajstić information content (AvgIpc) is 2.24. The first-order valence-electron chi connectivity index (χ1n) is 6.86. The Bertz CT molecular complexity index is 458. The van der Waals surface area contributed by atoms with Gasteiger partial charge in [-0.25, -0.2) is 0 Å². The maximum absolute atomic E-state index is 12.3. The van der Waals surface area contributed by atoms with Gasteiger partial charge < -0.3 is 5.11 Å². The van der Waals surface area contributed by atoms with E-state index in [1.165, 1.54) is 5.56 Å². The van der Waals surface area contributed by atoms with Crippen LogP contribution in [-0.4, -0.2) is 10.9 Å². The van der Waals surface area contributed by atoms with Crippen LogP contribution in [0.4, 0.5) is 0 Å². The third-order valence-corrected chi connectivity index (χ3v) is 3.66. The van der Waals surface area contributed by atoms with Gasteiger partial charge in [-0.15, -0.1) is 0 Å². The van der Waals surface area contributed by atoms with E-state index in [4.69, 9.17) is 0 Å². The van der Waals surface area contributed by atoms with Gasteiger partial charge in [-0.3, -0.25) is 4.79 Å². The van der Waals surface area contributed by atoms with E-state index in [2.05, 4.69) is 12.1 Å². The minimum atomic E-state index is -0.729. The van der Waals surface area contributed by atoms with Gasteiger partial charge >= 0.3 is 0 Å². The van der Waals surface area contributed by atoms with Crippen LogP contribution in [0.1, 0.15) is 56.1 Å². The standard InChI is InChI=1S/C17H26O2/c1-10-8-11(2)14(12(3)9-10)15(18)13(4)16(19)17(5,6)7/h8-9,13,15,18H,1-7H3/t13-,15-/m0/s1. The van der Waals surface area contributed by atoms with Gasteiger partial charge in [0.2, 0.25) is 0 Å². The monoisotopic (exact) mass is 262 g/mol. The molecule has 0 aliphatic rings. The molecule has 1 aromatic rings. The smallest absolute Gasteiger partial charge is 0.143 e. The van der Waals surface area contributed by atoms with Crippen LogP contribution in [0.2, 0.25) is 0 Å². The average molecular weight is 262 g/mol. The number of rotatable bonds is 3. The zero-order valence-electron chi connectivity index (χ0n) is 13.2. The summed E-state index contributed by atoms with van der Waals surface area (Å²) in [5, 5.41) is 10.6. The van der Waals surface area contributed by atoms with Gasteiger partial charge in [-0.05, 0) is 37.5 Å². The molecule has 2 heteroatoms. The molecule has 0 unspecified atom stereocenters. The van der Waals surface area contributed by atoms with Gasteiger partial charge in [-0.1, -0.05) is 45.4 Å². The third-order valence-electron chi connectivity index (χ3n) is 3.66. The summed E-state index contributed by atoms with van der Waals surface area (Å²) in [6.07, 6.45) is -0.729. The van der Waals surface area contributed by atoms with Crippen LogP contribution in [0.15, 0.2) is 12.1 Å². The van der Waals surface area contributed by atoms with Crippen molar-refractivity contribution in [3.63, 3.8) is 0 Å². The summed E-state index contributed by atoms with van der Waals surface area (Å²) in [4.78, 5) is 12.3. The Morgan fingerprint density at radius 1 is 1.11 bits per heavy atom. The van der Waals surface area contributed by atoms with Crippen molar-refractivity contribution in [1.29, 1.82) is 0 Å². The molecule has 1 rings (SSSR count). The van der Waals surface area contributed by atoms with E-state index in [-0.39, 0.29) is 11.7 Å². The molecule has 0 saturated carbocycles. The highest BCUT2D eigenvalue weighted by atomic mass is 16.3. The molecule has 2 atom stereocenters. The molecule has 19 heavy (non-hydrogen) atoms. The van der Waals surface area contributed by atoms with E-state index < -0.39 is 11.5 Å². The first kappa shape index (κ1) is 15.9. The summed E-state index contributed by atoms with van der Waals surface area (Å²) in [5.41, 5.74) is 3.76. The van der Waals surface area contributed by atoms with Crippen LogP contribution in [0.25, 0.3) is 0 Å². The fraction of sp³-hybridized carbons (Fsp3) is 0.588. The summed E-state index contributed by atoms with van der Waals surface area (Å²) >= 11 is 0. The molecule has 0 spiro atoms. The lowest BCUT2D eigenvalue weighted by molar-refractivity contribution is -0.133. The van der Waals surface area contributed by atoms with E-state index in [0.717, 1.165) is 16.7 Å². The van der Waals surface area contributed by atoms with Gasteiger partial charge in [0.15, 0.2) is 0 Å². The van der Waals surface area contributed by atoms with Crippen molar-refractivity contribution in [2.45, 2.75) is 54.6 Å². The first-order valence-corrected chi connectivity index (χ1v) is 6.86. The zero-order chi connectivity index (χ0) is 15.0. The number of aliphatic hydroxyl groups excluding tert-OH is 1. The highest BCUT2D eigenvalue weighted by molar-refractivity contribution is 5.86. The molecule has 0 radical (unpaired) electrons. The van der Waals surface area contributed by atoms with Crippen LogP contribution in [0.3, 0.4) is 0 Å². The molecule has 0 aliphatic carbocycles. The molecule has 1 aromatic carbocycles. The Balaban J connectivity index is 3.14. The minimum absolute atomic E-state index is 0.0966. The van der Waals surface area contributed by atoms with Crippen molar-refractivity contribution in [2.24, 2.45) is 11.3 Å². The largest absolute Gasteiger partial charge is 0.388 e. The molecule has 0 amide bonds. The van der Waals surface area contributed by atoms with E-state index >= 15 is 0 Å². The van der Waals surface area contributed by atoms with Gasteiger partial charge in [0.25, 0.3) is 0 Å². The molecular weight excluding hydrogens is 236 g/mol. The Morgan fingerprint density at radius 2 is 1.53 bits per heavy atom. The fourth-order valence-corrected chi connectivity index (χ4v) is 2.73. The number of Topliss-reactive ketones (excluding diaryl/α,β-unsaturated/α-hetero) is 1. The quantitative estimate of drug-likeness (QED) is 0.897. The van der Waals surface area contributed by atoms with Crippen molar-refractivity contribution >= 4 is 5.78 Å². The molecule has 1 N–H and O–H groups in total. The number of hydrogen-bond donors (Lipinski definition) is 1. The lowest BCUT2D eigenvalue weighted by Crippen LogP contribution is -2.31. The van der Waals surface area contributed by atoms with Crippen molar-refractivity contribution in [3.8, 4) is 0 Å². The highest BCUT2D eigenvalue weighted by Crippen LogP contribution is 2.33. The van der Waals surface area contributed by atoms with E-state index in [1.54, 1.807) is 0 Å².